The number of amides is 1. The summed E-state index contributed by atoms with van der Waals surface area (Å²) in [4.78, 5) is 22.6. The monoisotopic (exact) mass is 219 g/mol. The molecule has 0 bridgehead atoms. The van der Waals surface area contributed by atoms with Gasteiger partial charge in [0.15, 0.2) is 0 Å². The molecule has 1 saturated heterocycles. The Morgan fingerprint density at radius 2 is 2.07 bits per heavy atom. The highest BCUT2D eigenvalue weighted by Gasteiger charge is 2.31. The number of nitrogens with zero attached hydrogens (tertiary/aromatic N) is 1. The van der Waals surface area contributed by atoms with E-state index in [4.69, 9.17) is 5.11 Å². The van der Waals surface area contributed by atoms with Gasteiger partial charge in [-0.05, 0) is 6.42 Å². The Morgan fingerprint density at radius 1 is 1.40 bits per heavy atom. The van der Waals surface area contributed by atoms with Crippen LogP contribution in [0.5, 0.6) is 0 Å². The summed E-state index contributed by atoms with van der Waals surface area (Å²) in [5.41, 5.74) is 0. The summed E-state index contributed by atoms with van der Waals surface area (Å²) in [6.45, 7) is 0.262. The van der Waals surface area contributed by atoms with E-state index in [1.54, 1.807) is 0 Å². The van der Waals surface area contributed by atoms with Crippen LogP contribution in [0.3, 0.4) is 0 Å². The molecular formula is C9H11F2NO3. The number of carbonyl (C=O) groups is 2. The minimum atomic E-state index is -2.42. The zero-order valence-electron chi connectivity index (χ0n) is 7.90. The smallest absolute Gasteiger partial charge is 0.328 e. The van der Waals surface area contributed by atoms with E-state index >= 15 is 0 Å². The fraction of sp³-hybridized carbons (Fsp3) is 0.556. The minimum Gasteiger partial charge on any atom is -0.478 e. The lowest BCUT2D eigenvalue weighted by Crippen LogP contribution is -2.28. The number of hydrogen-bond donors (Lipinski definition) is 1. The quantitative estimate of drug-likeness (QED) is 0.712. The summed E-state index contributed by atoms with van der Waals surface area (Å²) in [7, 11) is 0. The van der Waals surface area contributed by atoms with Gasteiger partial charge < -0.3 is 10.0 Å². The molecule has 0 spiro atoms. The number of carboxylic acid groups (broad SMARTS) is 1. The second-order valence-corrected chi connectivity index (χ2v) is 3.34. The molecule has 0 saturated carbocycles. The number of likely N-dealkylation sites (tertiary alicyclic amines) is 1. The van der Waals surface area contributed by atoms with Crippen molar-refractivity contribution in [3.05, 3.63) is 12.2 Å². The van der Waals surface area contributed by atoms with Crippen molar-refractivity contribution in [2.24, 2.45) is 5.92 Å². The van der Waals surface area contributed by atoms with E-state index in [0.29, 0.717) is 6.08 Å². The van der Waals surface area contributed by atoms with Gasteiger partial charge in [-0.2, -0.15) is 0 Å². The van der Waals surface area contributed by atoms with Gasteiger partial charge in [-0.15, -0.1) is 0 Å². The molecule has 1 fully saturated rings. The zero-order valence-corrected chi connectivity index (χ0v) is 7.90. The number of carbonyl (C=O) groups excluding carboxylic acids is 1. The summed E-state index contributed by atoms with van der Waals surface area (Å²) in [6.07, 6.45) is -0.565. The summed E-state index contributed by atoms with van der Waals surface area (Å²) in [5.74, 6) is -2.54. The van der Waals surface area contributed by atoms with E-state index in [1.807, 2.05) is 0 Å². The molecule has 0 radical (unpaired) electrons. The van der Waals surface area contributed by atoms with Crippen LogP contribution in [-0.4, -0.2) is 41.4 Å². The highest BCUT2D eigenvalue weighted by atomic mass is 19.3. The fourth-order valence-corrected chi connectivity index (χ4v) is 1.44. The van der Waals surface area contributed by atoms with Crippen molar-refractivity contribution in [2.75, 3.05) is 13.1 Å². The van der Waals surface area contributed by atoms with Gasteiger partial charge in [0, 0.05) is 31.2 Å². The SMILES string of the molecule is O=C(O)/C=C/C(=O)N1CCC(C(F)F)C1. The predicted molar refractivity (Wildman–Crippen MR) is 47.5 cm³/mol. The van der Waals surface area contributed by atoms with E-state index in [9.17, 15) is 18.4 Å². The van der Waals surface area contributed by atoms with Gasteiger partial charge in [0.25, 0.3) is 0 Å². The summed E-state index contributed by atoms with van der Waals surface area (Å²) in [5, 5.41) is 8.27. The Bertz CT molecular complexity index is 291. The van der Waals surface area contributed by atoms with Crippen molar-refractivity contribution in [1.29, 1.82) is 0 Å². The van der Waals surface area contributed by atoms with E-state index in [0.717, 1.165) is 6.08 Å². The third-order valence-electron chi connectivity index (χ3n) is 2.26. The molecule has 15 heavy (non-hydrogen) atoms. The Kier molecular flexibility index (Phi) is 3.76. The topological polar surface area (TPSA) is 57.6 Å². The molecule has 1 rings (SSSR count). The van der Waals surface area contributed by atoms with Crippen LogP contribution >= 0.6 is 0 Å². The van der Waals surface area contributed by atoms with Gasteiger partial charge >= 0.3 is 5.97 Å². The maximum atomic E-state index is 12.2. The minimum absolute atomic E-state index is 0.000455. The van der Waals surface area contributed by atoms with Crippen molar-refractivity contribution in [3.63, 3.8) is 0 Å². The molecule has 0 aromatic heterocycles. The van der Waals surface area contributed by atoms with Crippen molar-refractivity contribution >= 4 is 11.9 Å². The maximum absolute atomic E-state index is 12.2. The van der Waals surface area contributed by atoms with Crippen LogP contribution in [0.2, 0.25) is 0 Å². The molecule has 1 aliphatic heterocycles. The van der Waals surface area contributed by atoms with Crippen LogP contribution in [0.25, 0.3) is 0 Å². The van der Waals surface area contributed by atoms with Gasteiger partial charge in [-0.3, -0.25) is 4.79 Å². The molecule has 84 valence electrons. The van der Waals surface area contributed by atoms with Crippen molar-refractivity contribution in [1.82, 2.24) is 4.90 Å². The highest BCUT2D eigenvalue weighted by Crippen LogP contribution is 2.22. The summed E-state index contributed by atoms with van der Waals surface area (Å²) < 4.78 is 24.5. The van der Waals surface area contributed by atoms with Crippen molar-refractivity contribution in [2.45, 2.75) is 12.8 Å². The van der Waals surface area contributed by atoms with Crippen LogP contribution in [0.1, 0.15) is 6.42 Å². The van der Waals surface area contributed by atoms with Crippen molar-refractivity contribution < 1.29 is 23.5 Å². The molecule has 1 amide bonds. The number of alkyl halides is 2. The lowest BCUT2D eigenvalue weighted by atomic mass is 10.1. The van der Waals surface area contributed by atoms with Gasteiger partial charge in [-0.1, -0.05) is 0 Å². The lowest BCUT2D eigenvalue weighted by molar-refractivity contribution is -0.132. The van der Waals surface area contributed by atoms with E-state index in [-0.39, 0.29) is 19.5 Å². The van der Waals surface area contributed by atoms with Crippen LogP contribution in [0, 0.1) is 5.92 Å². The molecule has 1 atom stereocenters. The highest BCUT2D eigenvalue weighted by molar-refractivity contribution is 5.94. The number of aliphatic carboxylic acids is 1. The third kappa shape index (κ3) is 3.30. The van der Waals surface area contributed by atoms with Crippen LogP contribution < -0.4 is 0 Å². The molecule has 1 aliphatic rings. The van der Waals surface area contributed by atoms with E-state index < -0.39 is 24.2 Å². The first-order valence-corrected chi connectivity index (χ1v) is 4.48. The van der Waals surface area contributed by atoms with Crippen molar-refractivity contribution in [3.8, 4) is 0 Å². The molecule has 1 heterocycles. The summed E-state index contributed by atoms with van der Waals surface area (Å²) in [6, 6.07) is 0. The average Bonchev–Trinajstić information content (AvgIpc) is 2.62. The second kappa shape index (κ2) is 4.86. The predicted octanol–water partition coefficient (Wildman–Crippen LogP) is 0.741. The molecule has 1 unspecified atom stereocenters. The van der Waals surface area contributed by atoms with E-state index in [2.05, 4.69) is 0 Å². The Balaban J connectivity index is 2.47. The summed E-state index contributed by atoms with van der Waals surface area (Å²) >= 11 is 0. The Hall–Kier alpha value is -1.46. The van der Waals surface area contributed by atoms with Gasteiger partial charge in [0.1, 0.15) is 0 Å². The normalized spacial score (nSPS) is 21.5. The number of rotatable bonds is 3. The first kappa shape index (κ1) is 11.6. The number of halogens is 2. The average molecular weight is 219 g/mol. The van der Waals surface area contributed by atoms with Gasteiger partial charge in [-0.25, -0.2) is 13.6 Å². The largest absolute Gasteiger partial charge is 0.478 e. The van der Waals surface area contributed by atoms with Crippen LogP contribution in [0.4, 0.5) is 8.78 Å². The number of carboxylic acids is 1. The molecule has 6 heteroatoms. The molecule has 1 N–H and O–H groups in total. The molecule has 0 aromatic rings. The Morgan fingerprint density at radius 3 is 2.53 bits per heavy atom. The molecule has 4 nitrogen and oxygen atoms in total. The molecule has 0 aromatic carbocycles. The third-order valence-corrected chi connectivity index (χ3v) is 2.26. The van der Waals surface area contributed by atoms with Crippen LogP contribution in [0.15, 0.2) is 12.2 Å². The second-order valence-electron chi connectivity index (χ2n) is 3.34. The first-order valence-electron chi connectivity index (χ1n) is 4.48. The molecular weight excluding hydrogens is 208 g/mol. The van der Waals surface area contributed by atoms with Gasteiger partial charge in [0.05, 0.1) is 0 Å². The zero-order chi connectivity index (χ0) is 11.4. The standard InChI is InChI=1S/C9H11F2NO3/c10-9(11)6-3-4-12(5-6)7(13)1-2-8(14)15/h1-2,6,9H,3-5H2,(H,14,15)/b2-1+. The lowest BCUT2D eigenvalue weighted by Gasteiger charge is -2.13. The first-order chi connectivity index (χ1) is 7.00. The Labute approximate surface area is 85.2 Å². The number of hydrogen-bond acceptors (Lipinski definition) is 2. The van der Waals surface area contributed by atoms with E-state index in [1.165, 1.54) is 4.90 Å². The fourth-order valence-electron chi connectivity index (χ4n) is 1.44. The maximum Gasteiger partial charge on any atom is 0.328 e. The van der Waals surface area contributed by atoms with Gasteiger partial charge in [0.2, 0.25) is 12.3 Å². The van der Waals surface area contributed by atoms with Crippen LogP contribution in [-0.2, 0) is 9.59 Å². The molecule has 0 aliphatic carbocycles.